The van der Waals surface area contributed by atoms with Gasteiger partial charge in [0.1, 0.15) is 5.76 Å². The maximum atomic E-state index is 5.65. The number of nitrogens with two attached hydrogens (primary N) is 1. The predicted octanol–water partition coefficient (Wildman–Crippen LogP) is 2.12. The van der Waals surface area contributed by atoms with Crippen LogP contribution in [0.2, 0.25) is 0 Å². The van der Waals surface area contributed by atoms with Crippen molar-refractivity contribution in [1.82, 2.24) is 9.97 Å². The van der Waals surface area contributed by atoms with Gasteiger partial charge in [0.05, 0.1) is 5.69 Å². The van der Waals surface area contributed by atoms with Gasteiger partial charge in [-0.1, -0.05) is 0 Å². The van der Waals surface area contributed by atoms with Crippen LogP contribution in [0, 0.1) is 20.8 Å². The fourth-order valence-electron chi connectivity index (χ4n) is 1.55. The Bertz CT molecular complexity index is 517. The molecule has 0 aliphatic rings. The summed E-state index contributed by atoms with van der Waals surface area (Å²) in [6, 6.07) is 3.77. The molecule has 0 amide bonds. The lowest BCUT2D eigenvalue weighted by Gasteiger charge is -2.06. The first-order chi connectivity index (χ1) is 7.61. The Hall–Kier alpha value is -1.68. The fourth-order valence-corrected chi connectivity index (χ4v) is 1.55. The molecule has 0 saturated heterocycles. The van der Waals surface area contributed by atoms with E-state index in [4.69, 9.17) is 10.2 Å². The Morgan fingerprint density at radius 2 is 1.94 bits per heavy atom. The highest BCUT2D eigenvalue weighted by atomic mass is 16.3. The molecular weight excluding hydrogens is 202 g/mol. The maximum Gasteiger partial charge on any atom is 0.196 e. The Labute approximate surface area is 94.5 Å². The second-order valence-electron chi connectivity index (χ2n) is 3.82. The molecule has 4 heteroatoms. The minimum Gasteiger partial charge on any atom is -0.458 e. The van der Waals surface area contributed by atoms with E-state index in [0.29, 0.717) is 18.1 Å². The van der Waals surface area contributed by atoms with Crippen LogP contribution in [0.5, 0.6) is 0 Å². The molecule has 4 nitrogen and oxygen atoms in total. The maximum absolute atomic E-state index is 5.65. The molecule has 0 fully saturated rings. The summed E-state index contributed by atoms with van der Waals surface area (Å²) in [5.41, 5.74) is 8.52. The van der Waals surface area contributed by atoms with Crippen LogP contribution in [-0.4, -0.2) is 9.97 Å². The first-order valence-corrected chi connectivity index (χ1v) is 5.23. The Balaban J connectivity index is 2.54. The predicted molar refractivity (Wildman–Crippen MR) is 61.8 cm³/mol. The highest BCUT2D eigenvalue weighted by molar-refractivity contribution is 5.48. The molecular formula is C12H15N3O. The quantitative estimate of drug-likeness (QED) is 0.836. The van der Waals surface area contributed by atoms with Gasteiger partial charge in [-0.05, 0) is 38.5 Å². The average Bonchev–Trinajstić information content (AvgIpc) is 2.69. The van der Waals surface area contributed by atoms with Crippen LogP contribution >= 0.6 is 0 Å². The summed E-state index contributed by atoms with van der Waals surface area (Å²) < 4.78 is 5.50. The normalized spacial score (nSPS) is 10.8. The number of aryl methyl sites for hydroxylation is 2. The van der Waals surface area contributed by atoms with Crippen molar-refractivity contribution in [2.45, 2.75) is 27.3 Å². The van der Waals surface area contributed by atoms with E-state index in [1.807, 2.05) is 32.9 Å². The van der Waals surface area contributed by atoms with E-state index in [9.17, 15) is 0 Å². The summed E-state index contributed by atoms with van der Waals surface area (Å²) >= 11 is 0. The zero-order valence-electron chi connectivity index (χ0n) is 9.74. The lowest BCUT2D eigenvalue weighted by molar-refractivity contribution is 0.543. The molecule has 2 heterocycles. The lowest BCUT2D eigenvalue weighted by Crippen LogP contribution is -2.07. The molecule has 0 atom stereocenters. The van der Waals surface area contributed by atoms with Gasteiger partial charge in [-0.3, -0.25) is 0 Å². The van der Waals surface area contributed by atoms with Crippen molar-refractivity contribution in [1.29, 1.82) is 0 Å². The summed E-state index contributed by atoms with van der Waals surface area (Å²) in [7, 11) is 0. The van der Waals surface area contributed by atoms with Crippen molar-refractivity contribution < 1.29 is 4.42 Å². The van der Waals surface area contributed by atoms with Crippen LogP contribution in [0.1, 0.15) is 22.7 Å². The van der Waals surface area contributed by atoms with E-state index < -0.39 is 0 Å². The zero-order valence-corrected chi connectivity index (χ0v) is 9.74. The third kappa shape index (κ3) is 1.84. The third-order valence-electron chi connectivity index (χ3n) is 2.64. The molecule has 16 heavy (non-hydrogen) atoms. The van der Waals surface area contributed by atoms with Gasteiger partial charge in [-0.15, -0.1) is 0 Å². The van der Waals surface area contributed by atoms with E-state index in [-0.39, 0.29) is 0 Å². The number of aromatic nitrogens is 2. The van der Waals surface area contributed by atoms with Gasteiger partial charge in [-0.2, -0.15) is 0 Å². The van der Waals surface area contributed by atoms with Crippen molar-refractivity contribution in [3.63, 3.8) is 0 Å². The van der Waals surface area contributed by atoms with Crippen LogP contribution in [-0.2, 0) is 6.54 Å². The SMILES string of the molecule is Cc1ccc(-c2nc(C)c(C)c(CN)n2)o1. The minimum absolute atomic E-state index is 0.419. The molecule has 2 aromatic heterocycles. The molecule has 0 spiro atoms. The Morgan fingerprint density at radius 1 is 1.19 bits per heavy atom. The van der Waals surface area contributed by atoms with E-state index >= 15 is 0 Å². The van der Waals surface area contributed by atoms with E-state index in [1.165, 1.54) is 0 Å². The summed E-state index contributed by atoms with van der Waals surface area (Å²) in [5, 5.41) is 0. The molecule has 0 radical (unpaired) electrons. The summed E-state index contributed by atoms with van der Waals surface area (Å²) in [5.74, 6) is 2.15. The number of hydrogen-bond donors (Lipinski definition) is 1. The molecule has 0 saturated carbocycles. The Morgan fingerprint density at radius 3 is 2.50 bits per heavy atom. The van der Waals surface area contributed by atoms with E-state index in [2.05, 4.69) is 9.97 Å². The molecule has 0 aliphatic heterocycles. The molecule has 0 aliphatic carbocycles. The van der Waals surface area contributed by atoms with Crippen LogP contribution in [0.25, 0.3) is 11.6 Å². The first kappa shape index (κ1) is 10.8. The van der Waals surface area contributed by atoms with Crippen LogP contribution in [0.15, 0.2) is 16.5 Å². The number of nitrogens with zero attached hydrogens (tertiary/aromatic N) is 2. The standard InChI is InChI=1S/C12H15N3O/c1-7-4-5-11(16-7)12-14-9(3)8(2)10(6-13)15-12/h4-5H,6,13H2,1-3H3. The average molecular weight is 217 g/mol. The van der Waals surface area contributed by atoms with E-state index in [1.54, 1.807) is 0 Å². The van der Waals surface area contributed by atoms with Gasteiger partial charge in [0, 0.05) is 12.2 Å². The van der Waals surface area contributed by atoms with Gasteiger partial charge in [-0.25, -0.2) is 9.97 Å². The smallest absolute Gasteiger partial charge is 0.196 e. The topological polar surface area (TPSA) is 64.9 Å². The molecule has 0 bridgehead atoms. The number of furan rings is 1. The van der Waals surface area contributed by atoms with Crippen LogP contribution in [0.4, 0.5) is 0 Å². The second-order valence-corrected chi connectivity index (χ2v) is 3.82. The van der Waals surface area contributed by atoms with Crippen molar-refractivity contribution in [2.75, 3.05) is 0 Å². The number of hydrogen-bond acceptors (Lipinski definition) is 4. The molecule has 0 aromatic carbocycles. The van der Waals surface area contributed by atoms with Crippen molar-refractivity contribution in [2.24, 2.45) is 5.73 Å². The van der Waals surface area contributed by atoms with Gasteiger partial charge >= 0.3 is 0 Å². The fraction of sp³-hybridized carbons (Fsp3) is 0.333. The molecule has 84 valence electrons. The molecule has 2 N–H and O–H groups in total. The third-order valence-corrected chi connectivity index (χ3v) is 2.64. The minimum atomic E-state index is 0.419. The van der Waals surface area contributed by atoms with Gasteiger partial charge in [0.25, 0.3) is 0 Å². The molecule has 0 unspecified atom stereocenters. The second kappa shape index (κ2) is 4.06. The Kier molecular flexibility index (Phi) is 2.75. The van der Waals surface area contributed by atoms with Crippen molar-refractivity contribution >= 4 is 0 Å². The van der Waals surface area contributed by atoms with Gasteiger partial charge in [0.2, 0.25) is 0 Å². The summed E-state index contributed by atoms with van der Waals surface area (Å²) in [6.45, 7) is 6.25. The monoisotopic (exact) mass is 217 g/mol. The summed E-state index contributed by atoms with van der Waals surface area (Å²) in [4.78, 5) is 8.81. The van der Waals surface area contributed by atoms with E-state index in [0.717, 1.165) is 22.7 Å². The highest BCUT2D eigenvalue weighted by Crippen LogP contribution is 2.20. The zero-order chi connectivity index (χ0) is 11.7. The van der Waals surface area contributed by atoms with Crippen molar-refractivity contribution in [3.05, 3.63) is 34.8 Å². The largest absolute Gasteiger partial charge is 0.458 e. The van der Waals surface area contributed by atoms with Crippen LogP contribution in [0.3, 0.4) is 0 Å². The lowest BCUT2D eigenvalue weighted by atomic mass is 10.2. The highest BCUT2D eigenvalue weighted by Gasteiger charge is 2.10. The first-order valence-electron chi connectivity index (χ1n) is 5.23. The molecule has 2 aromatic rings. The summed E-state index contributed by atoms with van der Waals surface area (Å²) in [6.07, 6.45) is 0. The van der Waals surface area contributed by atoms with Gasteiger partial charge in [0.15, 0.2) is 11.6 Å². The van der Waals surface area contributed by atoms with Gasteiger partial charge < -0.3 is 10.2 Å². The molecule has 2 rings (SSSR count). The van der Waals surface area contributed by atoms with Crippen molar-refractivity contribution in [3.8, 4) is 11.6 Å². The number of rotatable bonds is 2. The van der Waals surface area contributed by atoms with Crippen LogP contribution < -0.4 is 5.73 Å².